The number of rotatable bonds is 4. The molecule has 1 aliphatic heterocycles. The molecule has 2 atom stereocenters. The van der Waals surface area contributed by atoms with E-state index in [9.17, 15) is 8.42 Å². The van der Waals surface area contributed by atoms with E-state index in [0.717, 1.165) is 0 Å². The number of nitrogens with two attached hydrogens (primary N) is 1. The van der Waals surface area contributed by atoms with Gasteiger partial charge in [0.05, 0.1) is 16.6 Å². The van der Waals surface area contributed by atoms with Crippen LogP contribution in [0.25, 0.3) is 0 Å². The monoisotopic (exact) mass is 309 g/mol. The van der Waals surface area contributed by atoms with Crippen LogP contribution in [-0.4, -0.2) is 45.1 Å². The number of nitriles is 1. The Morgan fingerprint density at radius 2 is 2.19 bits per heavy atom. The summed E-state index contributed by atoms with van der Waals surface area (Å²) in [6, 6.07) is 7.86. The van der Waals surface area contributed by atoms with Crippen LogP contribution in [0.15, 0.2) is 29.2 Å². The SMILES string of the molecule is COC1CCN(S(=O)(=O)c2ccccc2C#N)C(CN)C1. The average molecular weight is 309 g/mol. The molecule has 1 aromatic carbocycles. The molecule has 0 saturated carbocycles. The molecule has 2 N–H and O–H groups in total. The number of benzene rings is 1. The van der Waals surface area contributed by atoms with Crippen LogP contribution < -0.4 is 5.73 Å². The zero-order valence-electron chi connectivity index (χ0n) is 11.9. The molecule has 2 rings (SSSR count). The highest BCUT2D eigenvalue weighted by atomic mass is 32.2. The first-order valence-corrected chi connectivity index (χ1v) is 8.22. The van der Waals surface area contributed by atoms with Crippen LogP contribution in [0.1, 0.15) is 18.4 Å². The fourth-order valence-corrected chi connectivity index (χ4v) is 4.45. The number of piperidine rings is 1. The van der Waals surface area contributed by atoms with Crippen molar-refractivity contribution in [2.45, 2.75) is 29.9 Å². The summed E-state index contributed by atoms with van der Waals surface area (Å²) in [4.78, 5) is 0.0433. The number of hydrogen-bond acceptors (Lipinski definition) is 5. The highest BCUT2D eigenvalue weighted by Crippen LogP contribution is 2.27. The highest BCUT2D eigenvalue weighted by Gasteiger charge is 2.37. The van der Waals surface area contributed by atoms with E-state index >= 15 is 0 Å². The Bertz CT molecular complexity index is 639. The van der Waals surface area contributed by atoms with Crippen molar-refractivity contribution in [2.75, 3.05) is 20.2 Å². The first kappa shape index (κ1) is 15.9. The molecule has 21 heavy (non-hydrogen) atoms. The van der Waals surface area contributed by atoms with E-state index in [-0.39, 0.29) is 29.1 Å². The lowest BCUT2D eigenvalue weighted by Crippen LogP contribution is -2.51. The number of hydrogen-bond donors (Lipinski definition) is 1. The van der Waals surface area contributed by atoms with Crippen LogP contribution in [0.2, 0.25) is 0 Å². The Balaban J connectivity index is 2.37. The third-order valence-corrected chi connectivity index (χ3v) is 5.82. The largest absolute Gasteiger partial charge is 0.381 e. The lowest BCUT2D eigenvalue weighted by atomic mass is 10.0. The third kappa shape index (κ3) is 3.09. The second-order valence-electron chi connectivity index (χ2n) is 5.00. The number of sulfonamides is 1. The third-order valence-electron chi connectivity index (χ3n) is 3.81. The van der Waals surface area contributed by atoms with E-state index in [2.05, 4.69) is 0 Å². The van der Waals surface area contributed by atoms with Crippen molar-refractivity contribution >= 4 is 10.0 Å². The molecule has 0 bridgehead atoms. The zero-order chi connectivity index (χ0) is 15.5. The first-order chi connectivity index (χ1) is 10.0. The molecule has 114 valence electrons. The minimum atomic E-state index is -3.72. The van der Waals surface area contributed by atoms with Gasteiger partial charge in [-0.05, 0) is 25.0 Å². The van der Waals surface area contributed by atoms with Gasteiger partial charge in [0.1, 0.15) is 6.07 Å². The lowest BCUT2D eigenvalue weighted by molar-refractivity contribution is 0.0401. The van der Waals surface area contributed by atoms with Crippen LogP contribution >= 0.6 is 0 Å². The van der Waals surface area contributed by atoms with Gasteiger partial charge in [-0.3, -0.25) is 0 Å². The van der Waals surface area contributed by atoms with Crippen molar-refractivity contribution in [3.63, 3.8) is 0 Å². The molecule has 0 spiro atoms. The molecule has 1 aromatic rings. The van der Waals surface area contributed by atoms with Crippen molar-refractivity contribution in [1.82, 2.24) is 4.31 Å². The lowest BCUT2D eigenvalue weighted by Gasteiger charge is -2.37. The molecule has 2 unspecified atom stereocenters. The van der Waals surface area contributed by atoms with E-state index in [4.69, 9.17) is 15.7 Å². The van der Waals surface area contributed by atoms with Crippen LogP contribution in [0.5, 0.6) is 0 Å². The standard InChI is InChI=1S/C14H19N3O3S/c1-20-13-6-7-17(12(8-13)10-16)21(18,19)14-5-3-2-4-11(14)9-15/h2-5,12-13H,6-8,10,16H2,1H3. The van der Waals surface area contributed by atoms with Gasteiger partial charge in [0.2, 0.25) is 10.0 Å². The summed E-state index contributed by atoms with van der Waals surface area (Å²) < 4.78 is 32.3. The van der Waals surface area contributed by atoms with E-state index in [1.54, 1.807) is 19.2 Å². The Morgan fingerprint density at radius 3 is 2.81 bits per heavy atom. The molecule has 1 heterocycles. The minimum Gasteiger partial charge on any atom is -0.381 e. The number of nitrogens with zero attached hydrogens (tertiary/aromatic N) is 2. The number of methoxy groups -OCH3 is 1. The molecule has 6 nitrogen and oxygen atoms in total. The summed E-state index contributed by atoms with van der Waals surface area (Å²) in [6.07, 6.45) is 1.22. The molecule has 1 saturated heterocycles. The number of ether oxygens (including phenoxy) is 1. The van der Waals surface area contributed by atoms with Gasteiger partial charge in [-0.25, -0.2) is 8.42 Å². The summed E-state index contributed by atoms with van der Waals surface area (Å²) in [7, 11) is -2.10. The van der Waals surface area contributed by atoms with Gasteiger partial charge in [0.25, 0.3) is 0 Å². The maximum atomic E-state index is 12.8. The van der Waals surface area contributed by atoms with Gasteiger partial charge >= 0.3 is 0 Å². The quantitative estimate of drug-likeness (QED) is 0.882. The van der Waals surface area contributed by atoms with E-state index in [0.29, 0.717) is 19.4 Å². The summed E-state index contributed by atoms with van der Waals surface area (Å²) in [5, 5.41) is 9.11. The molecular formula is C14H19N3O3S. The molecule has 0 radical (unpaired) electrons. The van der Waals surface area contributed by atoms with Crippen molar-refractivity contribution in [3.8, 4) is 6.07 Å². The van der Waals surface area contributed by atoms with E-state index in [1.807, 2.05) is 6.07 Å². The van der Waals surface area contributed by atoms with Gasteiger partial charge in [0.15, 0.2) is 0 Å². The summed E-state index contributed by atoms with van der Waals surface area (Å²) in [6.45, 7) is 0.580. The van der Waals surface area contributed by atoms with E-state index in [1.165, 1.54) is 16.4 Å². The van der Waals surface area contributed by atoms with Crippen LogP contribution in [0.3, 0.4) is 0 Å². The second kappa shape index (κ2) is 6.54. The molecule has 7 heteroatoms. The second-order valence-corrected chi connectivity index (χ2v) is 6.85. The maximum absolute atomic E-state index is 12.8. The van der Waals surface area contributed by atoms with Crippen LogP contribution in [0, 0.1) is 11.3 Å². The smallest absolute Gasteiger partial charge is 0.244 e. The van der Waals surface area contributed by atoms with Gasteiger partial charge < -0.3 is 10.5 Å². The summed E-state index contributed by atoms with van der Waals surface area (Å²) in [5.41, 5.74) is 5.88. The van der Waals surface area contributed by atoms with Crippen molar-refractivity contribution < 1.29 is 13.2 Å². The van der Waals surface area contributed by atoms with Crippen LogP contribution in [0.4, 0.5) is 0 Å². The molecule has 1 aliphatic rings. The normalized spacial score (nSPS) is 23.7. The summed E-state index contributed by atoms with van der Waals surface area (Å²) in [5.74, 6) is 0. The van der Waals surface area contributed by atoms with Gasteiger partial charge in [-0.15, -0.1) is 0 Å². The van der Waals surface area contributed by atoms with E-state index < -0.39 is 10.0 Å². The molecular weight excluding hydrogens is 290 g/mol. The van der Waals surface area contributed by atoms with Crippen molar-refractivity contribution in [2.24, 2.45) is 5.73 Å². The minimum absolute atomic E-state index is 0.0243. The fourth-order valence-electron chi connectivity index (χ4n) is 2.65. The Labute approximate surface area is 125 Å². The van der Waals surface area contributed by atoms with Gasteiger partial charge in [-0.1, -0.05) is 12.1 Å². The van der Waals surface area contributed by atoms with Crippen molar-refractivity contribution in [1.29, 1.82) is 5.26 Å². The predicted octanol–water partition coefficient (Wildman–Crippen LogP) is 0.685. The zero-order valence-corrected chi connectivity index (χ0v) is 12.7. The van der Waals surface area contributed by atoms with Crippen LogP contribution in [-0.2, 0) is 14.8 Å². The molecule has 1 fully saturated rings. The average Bonchev–Trinajstić information content (AvgIpc) is 2.53. The molecule has 0 aromatic heterocycles. The summed E-state index contributed by atoms with van der Waals surface area (Å²) >= 11 is 0. The maximum Gasteiger partial charge on any atom is 0.244 e. The van der Waals surface area contributed by atoms with Gasteiger partial charge in [-0.2, -0.15) is 9.57 Å². The molecule has 0 aliphatic carbocycles. The Kier molecular flexibility index (Phi) is 4.96. The molecule has 0 amide bonds. The topological polar surface area (TPSA) is 96.4 Å². The van der Waals surface area contributed by atoms with Gasteiger partial charge in [0, 0.05) is 26.2 Å². The predicted molar refractivity (Wildman–Crippen MR) is 77.9 cm³/mol. The van der Waals surface area contributed by atoms with Crippen molar-refractivity contribution in [3.05, 3.63) is 29.8 Å². The Morgan fingerprint density at radius 1 is 1.48 bits per heavy atom. The first-order valence-electron chi connectivity index (χ1n) is 6.78. The fraction of sp³-hybridized carbons (Fsp3) is 0.500. The Hall–Kier alpha value is -1.46. The highest BCUT2D eigenvalue weighted by molar-refractivity contribution is 7.89.